The Hall–Kier alpha value is -2.63. The number of likely N-dealkylation sites (tertiary alicyclic amines) is 1. The van der Waals surface area contributed by atoms with Crippen LogP contribution >= 0.6 is 0 Å². The second kappa shape index (κ2) is 7.46. The number of hydrogen-bond acceptors (Lipinski definition) is 4. The monoisotopic (exact) mass is 434 g/mol. The minimum Gasteiger partial charge on any atom is -0.494 e. The first kappa shape index (κ1) is 20.0. The maximum Gasteiger partial charge on any atom is 0.233 e. The third-order valence-electron chi connectivity index (χ3n) is 8.56. The molecule has 0 unspecified atom stereocenters. The van der Waals surface area contributed by atoms with E-state index in [2.05, 4.69) is 17.5 Å². The standard InChI is InChI=1S/C26H30N2O4/c1-2-32-17-9-5-15(6-10-17)27-24(29)14-3-7-16(8-4-14)28-25(30)22-18-11-12-19(21-13-20(18)21)23(22)26(28)31/h5-6,9-12,14,16,18-23H,2-4,7-8,13H2,1H3,(H,27,29)/t14?,16?,18-,19+,20-,21-,22+,23+/m1/s1. The quantitative estimate of drug-likeness (QED) is 0.567. The predicted octanol–water partition coefficient (Wildman–Crippen LogP) is 3.64. The molecule has 1 N–H and O–H groups in total. The van der Waals surface area contributed by atoms with Gasteiger partial charge in [-0.2, -0.15) is 0 Å². The number of anilines is 1. The van der Waals surface area contributed by atoms with Crippen LogP contribution in [0.5, 0.6) is 5.75 Å². The van der Waals surface area contributed by atoms with E-state index in [4.69, 9.17) is 4.74 Å². The number of rotatable bonds is 5. The second-order valence-electron chi connectivity index (χ2n) is 10.2. The average molecular weight is 435 g/mol. The first-order chi connectivity index (χ1) is 15.6. The Morgan fingerprint density at radius 1 is 0.969 bits per heavy atom. The number of hydrogen-bond donors (Lipinski definition) is 1. The first-order valence-electron chi connectivity index (χ1n) is 12.2. The lowest BCUT2D eigenvalue weighted by Gasteiger charge is -2.37. The molecule has 0 aromatic heterocycles. The van der Waals surface area contributed by atoms with Crippen LogP contribution in [0.1, 0.15) is 39.0 Å². The lowest BCUT2D eigenvalue weighted by molar-refractivity contribution is -0.144. The zero-order valence-corrected chi connectivity index (χ0v) is 18.4. The zero-order chi connectivity index (χ0) is 22.0. The fourth-order valence-electron chi connectivity index (χ4n) is 6.98. The minimum atomic E-state index is -0.123. The van der Waals surface area contributed by atoms with Gasteiger partial charge in [-0.15, -0.1) is 0 Å². The summed E-state index contributed by atoms with van der Waals surface area (Å²) >= 11 is 0. The van der Waals surface area contributed by atoms with Crippen LogP contribution in [0.15, 0.2) is 36.4 Å². The van der Waals surface area contributed by atoms with Crippen LogP contribution in [0.3, 0.4) is 0 Å². The summed E-state index contributed by atoms with van der Waals surface area (Å²) in [4.78, 5) is 41.0. The van der Waals surface area contributed by atoms with Gasteiger partial charge in [-0.05, 0) is 87.0 Å². The molecular weight excluding hydrogens is 404 g/mol. The smallest absolute Gasteiger partial charge is 0.233 e. The molecule has 6 aliphatic rings. The molecular formula is C26H30N2O4. The Labute approximate surface area is 188 Å². The summed E-state index contributed by atoms with van der Waals surface area (Å²) in [5.74, 6) is 2.40. The molecule has 4 fully saturated rings. The van der Waals surface area contributed by atoms with Gasteiger partial charge in [0.05, 0.1) is 18.4 Å². The van der Waals surface area contributed by atoms with Gasteiger partial charge in [-0.3, -0.25) is 19.3 Å². The van der Waals surface area contributed by atoms with Crippen LogP contribution in [0.2, 0.25) is 0 Å². The van der Waals surface area contributed by atoms with Gasteiger partial charge in [-0.25, -0.2) is 0 Å². The van der Waals surface area contributed by atoms with Crippen molar-refractivity contribution >= 4 is 23.4 Å². The largest absolute Gasteiger partial charge is 0.494 e. The maximum absolute atomic E-state index is 13.3. The van der Waals surface area contributed by atoms with Crippen molar-refractivity contribution in [3.8, 4) is 5.75 Å². The van der Waals surface area contributed by atoms with E-state index in [1.807, 2.05) is 31.2 Å². The summed E-state index contributed by atoms with van der Waals surface area (Å²) in [6.07, 6.45) is 8.46. The number of amides is 3. The van der Waals surface area contributed by atoms with Gasteiger partial charge < -0.3 is 10.1 Å². The van der Waals surface area contributed by atoms with Crippen molar-refractivity contribution in [1.82, 2.24) is 4.90 Å². The highest BCUT2D eigenvalue weighted by Gasteiger charge is 2.67. The van der Waals surface area contributed by atoms with Crippen molar-refractivity contribution in [3.05, 3.63) is 36.4 Å². The van der Waals surface area contributed by atoms with Crippen molar-refractivity contribution < 1.29 is 19.1 Å². The van der Waals surface area contributed by atoms with Crippen molar-refractivity contribution in [2.75, 3.05) is 11.9 Å². The number of nitrogens with one attached hydrogen (secondary N) is 1. The fraction of sp³-hybridized carbons (Fsp3) is 0.577. The highest BCUT2D eigenvalue weighted by Crippen LogP contribution is 2.65. The molecule has 0 radical (unpaired) electrons. The third-order valence-corrected chi connectivity index (χ3v) is 8.56. The number of allylic oxidation sites excluding steroid dienone is 2. The summed E-state index contributed by atoms with van der Waals surface area (Å²) in [6, 6.07) is 7.36. The Kier molecular flexibility index (Phi) is 4.67. The molecule has 1 aromatic rings. The van der Waals surface area contributed by atoms with Crippen LogP contribution in [0.25, 0.3) is 0 Å². The molecule has 0 spiro atoms. The van der Waals surface area contributed by atoms with Crippen molar-refractivity contribution in [1.29, 1.82) is 0 Å². The molecule has 7 rings (SSSR count). The number of imide groups is 1. The number of carbonyl (C=O) groups excluding carboxylic acids is 3. The molecule has 3 saturated carbocycles. The molecule has 168 valence electrons. The molecule has 6 heteroatoms. The lowest BCUT2D eigenvalue weighted by Crippen LogP contribution is -2.44. The average Bonchev–Trinajstić information content (AvgIpc) is 3.59. The molecule has 2 bridgehead atoms. The number of benzene rings is 1. The van der Waals surface area contributed by atoms with E-state index >= 15 is 0 Å². The minimum absolute atomic E-state index is 0.0164. The van der Waals surface area contributed by atoms with Crippen LogP contribution in [0.4, 0.5) is 5.69 Å². The third kappa shape index (κ3) is 3.02. The van der Waals surface area contributed by atoms with E-state index in [0.717, 1.165) is 11.4 Å². The summed E-state index contributed by atoms with van der Waals surface area (Å²) in [6.45, 7) is 2.55. The summed E-state index contributed by atoms with van der Waals surface area (Å²) in [7, 11) is 0. The van der Waals surface area contributed by atoms with Gasteiger partial charge in [-0.1, -0.05) is 12.2 Å². The Balaban J connectivity index is 1.07. The van der Waals surface area contributed by atoms with Gasteiger partial charge in [0.15, 0.2) is 0 Å². The maximum atomic E-state index is 13.3. The molecule has 3 amide bonds. The van der Waals surface area contributed by atoms with Crippen LogP contribution < -0.4 is 10.1 Å². The second-order valence-corrected chi connectivity index (χ2v) is 10.2. The molecule has 1 aliphatic heterocycles. The van der Waals surface area contributed by atoms with Crippen molar-refractivity contribution in [2.45, 2.75) is 45.1 Å². The fourth-order valence-corrected chi connectivity index (χ4v) is 6.98. The van der Waals surface area contributed by atoms with Crippen LogP contribution in [-0.2, 0) is 14.4 Å². The van der Waals surface area contributed by atoms with Crippen molar-refractivity contribution in [3.63, 3.8) is 0 Å². The van der Waals surface area contributed by atoms with E-state index in [1.165, 1.54) is 6.42 Å². The lowest BCUT2D eigenvalue weighted by atomic mass is 9.63. The molecule has 6 nitrogen and oxygen atoms in total. The van der Waals surface area contributed by atoms with Crippen LogP contribution in [0, 0.1) is 41.4 Å². The molecule has 1 heterocycles. The SMILES string of the molecule is CCOc1ccc(NC(=O)C2CCC(N3C(=O)[C@H]4[C@@H]5C=C[C@@H]([C@H]6C[C@H]56)[C@@H]4C3=O)CC2)cc1. The summed E-state index contributed by atoms with van der Waals surface area (Å²) in [5.41, 5.74) is 0.760. The molecule has 1 aromatic carbocycles. The van der Waals surface area contributed by atoms with Crippen molar-refractivity contribution in [2.24, 2.45) is 41.4 Å². The van der Waals surface area contributed by atoms with E-state index in [1.54, 1.807) is 4.90 Å². The highest BCUT2D eigenvalue weighted by molar-refractivity contribution is 6.06. The topological polar surface area (TPSA) is 75.7 Å². The normalized spacial score (nSPS) is 39.0. The van der Waals surface area contributed by atoms with Gasteiger partial charge in [0.2, 0.25) is 17.7 Å². The number of ether oxygens (including phenoxy) is 1. The number of nitrogens with zero attached hydrogens (tertiary/aromatic N) is 1. The van der Waals surface area contributed by atoms with Gasteiger partial charge in [0.1, 0.15) is 5.75 Å². The van der Waals surface area contributed by atoms with E-state index in [0.29, 0.717) is 44.1 Å². The van der Waals surface area contributed by atoms with Gasteiger partial charge >= 0.3 is 0 Å². The van der Waals surface area contributed by atoms with Crippen LogP contribution in [-0.4, -0.2) is 35.3 Å². The molecule has 5 aliphatic carbocycles. The molecule has 1 saturated heterocycles. The van der Waals surface area contributed by atoms with Gasteiger partial charge in [0.25, 0.3) is 0 Å². The number of carbonyl (C=O) groups is 3. The molecule has 32 heavy (non-hydrogen) atoms. The Morgan fingerprint density at radius 2 is 1.56 bits per heavy atom. The molecule has 6 atom stereocenters. The Morgan fingerprint density at radius 3 is 2.12 bits per heavy atom. The van der Waals surface area contributed by atoms with Gasteiger partial charge in [0, 0.05) is 17.6 Å². The zero-order valence-electron chi connectivity index (χ0n) is 18.4. The summed E-state index contributed by atoms with van der Waals surface area (Å²) in [5, 5.41) is 3.00. The summed E-state index contributed by atoms with van der Waals surface area (Å²) < 4.78 is 5.44. The van der Waals surface area contributed by atoms with E-state index in [-0.39, 0.29) is 53.4 Å². The van der Waals surface area contributed by atoms with E-state index < -0.39 is 0 Å². The first-order valence-corrected chi connectivity index (χ1v) is 12.2. The predicted molar refractivity (Wildman–Crippen MR) is 119 cm³/mol. The Bertz CT molecular complexity index is 942. The highest BCUT2D eigenvalue weighted by atomic mass is 16.5. The van der Waals surface area contributed by atoms with E-state index in [9.17, 15) is 14.4 Å².